The van der Waals surface area contributed by atoms with Crippen molar-refractivity contribution in [3.8, 4) is 0 Å². The van der Waals surface area contributed by atoms with Gasteiger partial charge in [-0.1, -0.05) is 78.9 Å². The molecule has 41 heavy (non-hydrogen) atoms. The van der Waals surface area contributed by atoms with Crippen LogP contribution >= 0.6 is 23.2 Å². The molecule has 0 spiro atoms. The number of halogens is 2. The minimum atomic E-state index is -4.16. The molecule has 0 saturated heterocycles. The van der Waals surface area contributed by atoms with Gasteiger partial charge in [0.1, 0.15) is 12.6 Å². The van der Waals surface area contributed by atoms with Crippen LogP contribution in [0.2, 0.25) is 10.0 Å². The number of hydrogen-bond acceptors (Lipinski definition) is 4. The van der Waals surface area contributed by atoms with E-state index >= 15 is 0 Å². The van der Waals surface area contributed by atoms with Gasteiger partial charge in [0.2, 0.25) is 11.8 Å². The summed E-state index contributed by atoms with van der Waals surface area (Å²) in [4.78, 5) is 29.1. The highest BCUT2D eigenvalue weighted by Crippen LogP contribution is 2.27. The zero-order valence-electron chi connectivity index (χ0n) is 23.2. The second-order valence-corrected chi connectivity index (χ2v) is 13.0. The first-order chi connectivity index (χ1) is 19.6. The lowest BCUT2D eigenvalue weighted by molar-refractivity contribution is -0.140. The number of hydrogen-bond donors (Lipinski definition) is 1. The minimum absolute atomic E-state index is 0.000975. The molecule has 1 atom stereocenters. The summed E-state index contributed by atoms with van der Waals surface area (Å²) >= 11 is 12.5. The zero-order chi connectivity index (χ0) is 29.6. The van der Waals surface area contributed by atoms with Crippen molar-refractivity contribution in [3.63, 3.8) is 0 Å². The third kappa shape index (κ3) is 7.61. The van der Waals surface area contributed by atoms with Crippen molar-refractivity contribution < 1.29 is 18.0 Å². The van der Waals surface area contributed by atoms with Gasteiger partial charge in [-0.2, -0.15) is 0 Å². The Kier molecular flexibility index (Phi) is 10.3. The first kappa shape index (κ1) is 30.9. The maximum Gasteiger partial charge on any atom is 0.264 e. The highest BCUT2D eigenvalue weighted by atomic mass is 35.5. The molecule has 0 aromatic heterocycles. The molecule has 0 heterocycles. The van der Waals surface area contributed by atoms with Crippen LogP contribution in [-0.2, 0) is 26.2 Å². The Bertz CT molecular complexity index is 1460. The average Bonchev–Trinajstić information content (AvgIpc) is 3.46. The van der Waals surface area contributed by atoms with Crippen molar-refractivity contribution >= 4 is 50.7 Å². The van der Waals surface area contributed by atoms with Gasteiger partial charge in [0, 0.05) is 22.6 Å². The van der Waals surface area contributed by atoms with Gasteiger partial charge in [-0.05, 0) is 74.2 Å². The standard InChI is InChI=1S/C31H35Cl2N3O4S/c1-3-29(31(38)34-25-9-5-6-10-25)35(20-23-8-4-7-11-28(23)33)30(37)21-36(26-16-12-22(2)13-17-26)41(39,40)27-18-14-24(32)15-19-27/h4,7-8,11-19,25,29H,3,5-6,9-10,20-21H2,1-2H3,(H,34,38)/t29-/m0/s1. The van der Waals surface area contributed by atoms with Crippen LogP contribution in [-0.4, -0.2) is 43.8 Å². The number of carbonyl (C=O) groups is 2. The second-order valence-electron chi connectivity index (χ2n) is 10.3. The largest absolute Gasteiger partial charge is 0.352 e. The van der Waals surface area contributed by atoms with Gasteiger partial charge in [-0.25, -0.2) is 8.42 Å². The van der Waals surface area contributed by atoms with E-state index in [1.807, 2.05) is 19.9 Å². The van der Waals surface area contributed by atoms with E-state index in [1.54, 1.807) is 42.5 Å². The molecule has 7 nitrogen and oxygen atoms in total. The topological polar surface area (TPSA) is 86.8 Å². The lowest BCUT2D eigenvalue weighted by atomic mass is 10.1. The zero-order valence-corrected chi connectivity index (χ0v) is 25.6. The molecule has 4 rings (SSSR count). The number of aryl methyl sites for hydroxylation is 1. The van der Waals surface area contributed by atoms with Crippen molar-refractivity contribution in [1.82, 2.24) is 10.2 Å². The predicted octanol–water partition coefficient (Wildman–Crippen LogP) is 6.36. The smallest absolute Gasteiger partial charge is 0.264 e. The molecule has 1 fully saturated rings. The monoisotopic (exact) mass is 615 g/mol. The normalized spacial score (nSPS) is 14.4. The molecule has 2 amide bonds. The lowest BCUT2D eigenvalue weighted by Gasteiger charge is -2.34. The van der Waals surface area contributed by atoms with E-state index in [2.05, 4.69) is 5.32 Å². The van der Waals surface area contributed by atoms with Crippen LogP contribution in [0, 0.1) is 6.92 Å². The van der Waals surface area contributed by atoms with Crippen molar-refractivity contribution in [3.05, 3.63) is 94.0 Å². The summed E-state index contributed by atoms with van der Waals surface area (Å²) in [5.74, 6) is -0.765. The van der Waals surface area contributed by atoms with E-state index < -0.39 is 28.5 Å². The summed E-state index contributed by atoms with van der Waals surface area (Å²) in [7, 11) is -4.16. The van der Waals surface area contributed by atoms with Crippen LogP contribution in [0.5, 0.6) is 0 Å². The molecule has 0 unspecified atom stereocenters. The van der Waals surface area contributed by atoms with E-state index in [4.69, 9.17) is 23.2 Å². The number of amides is 2. The van der Waals surface area contributed by atoms with Crippen molar-refractivity contribution in [2.75, 3.05) is 10.8 Å². The van der Waals surface area contributed by atoms with Crippen LogP contribution in [0.1, 0.15) is 50.2 Å². The van der Waals surface area contributed by atoms with Crippen LogP contribution in [0.15, 0.2) is 77.7 Å². The number of anilines is 1. The number of nitrogens with one attached hydrogen (secondary N) is 1. The van der Waals surface area contributed by atoms with Gasteiger partial charge in [-0.15, -0.1) is 0 Å². The van der Waals surface area contributed by atoms with Crippen LogP contribution < -0.4 is 9.62 Å². The fraction of sp³-hybridized carbons (Fsp3) is 0.355. The lowest BCUT2D eigenvalue weighted by Crippen LogP contribution is -2.53. The third-order valence-electron chi connectivity index (χ3n) is 7.39. The van der Waals surface area contributed by atoms with Gasteiger partial charge in [-0.3, -0.25) is 13.9 Å². The van der Waals surface area contributed by atoms with Crippen LogP contribution in [0.3, 0.4) is 0 Å². The van der Waals surface area contributed by atoms with Crippen LogP contribution in [0.25, 0.3) is 0 Å². The highest BCUT2D eigenvalue weighted by Gasteiger charge is 2.34. The van der Waals surface area contributed by atoms with Crippen molar-refractivity contribution in [1.29, 1.82) is 0 Å². The molecule has 1 aliphatic rings. The molecule has 0 radical (unpaired) electrons. The Morgan fingerprint density at radius 2 is 1.59 bits per heavy atom. The second kappa shape index (κ2) is 13.7. The third-order valence-corrected chi connectivity index (χ3v) is 9.80. The van der Waals surface area contributed by atoms with E-state index in [0.717, 1.165) is 35.6 Å². The Morgan fingerprint density at radius 3 is 2.20 bits per heavy atom. The molecular weight excluding hydrogens is 581 g/mol. The summed E-state index contributed by atoms with van der Waals surface area (Å²) in [6, 6.07) is 19.1. The fourth-order valence-electron chi connectivity index (χ4n) is 5.07. The Morgan fingerprint density at radius 1 is 0.951 bits per heavy atom. The molecule has 0 aliphatic heterocycles. The maximum absolute atomic E-state index is 14.2. The molecule has 3 aromatic rings. The van der Waals surface area contributed by atoms with Gasteiger partial charge < -0.3 is 10.2 Å². The Labute approximate surface area is 252 Å². The van der Waals surface area contributed by atoms with Crippen molar-refractivity contribution in [2.45, 2.75) is 69.5 Å². The fourth-order valence-corrected chi connectivity index (χ4v) is 6.81. The van der Waals surface area contributed by atoms with Crippen molar-refractivity contribution in [2.24, 2.45) is 0 Å². The van der Waals surface area contributed by atoms with Gasteiger partial charge in [0.05, 0.1) is 10.6 Å². The number of nitrogens with zero attached hydrogens (tertiary/aromatic N) is 2. The number of sulfonamides is 1. The molecule has 1 saturated carbocycles. The summed E-state index contributed by atoms with van der Waals surface area (Å²) in [5.41, 5.74) is 1.94. The van der Waals surface area contributed by atoms with E-state index in [9.17, 15) is 18.0 Å². The summed E-state index contributed by atoms with van der Waals surface area (Å²) in [5, 5.41) is 3.96. The van der Waals surface area contributed by atoms with E-state index in [1.165, 1.54) is 29.2 Å². The molecule has 1 aliphatic carbocycles. The van der Waals surface area contributed by atoms with Crippen LogP contribution in [0.4, 0.5) is 5.69 Å². The summed E-state index contributed by atoms with van der Waals surface area (Å²) in [6.45, 7) is 3.28. The highest BCUT2D eigenvalue weighted by molar-refractivity contribution is 7.92. The van der Waals surface area contributed by atoms with E-state index in [-0.39, 0.29) is 23.4 Å². The Balaban J connectivity index is 1.72. The maximum atomic E-state index is 14.2. The molecule has 10 heteroatoms. The number of benzene rings is 3. The van der Waals surface area contributed by atoms with E-state index in [0.29, 0.717) is 27.7 Å². The average molecular weight is 617 g/mol. The summed E-state index contributed by atoms with van der Waals surface area (Å²) in [6.07, 6.45) is 4.27. The first-order valence-electron chi connectivity index (χ1n) is 13.8. The molecular formula is C31H35Cl2N3O4S. The number of carbonyl (C=O) groups excluding carboxylic acids is 2. The first-order valence-corrected chi connectivity index (χ1v) is 16.0. The quantitative estimate of drug-likeness (QED) is 0.272. The SMILES string of the molecule is CC[C@@H](C(=O)NC1CCCC1)N(Cc1ccccc1Cl)C(=O)CN(c1ccc(C)cc1)S(=O)(=O)c1ccc(Cl)cc1. The summed E-state index contributed by atoms with van der Waals surface area (Å²) < 4.78 is 28.9. The van der Waals surface area contributed by atoms with Gasteiger partial charge in [0.15, 0.2) is 0 Å². The van der Waals surface area contributed by atoms with Gasteiger partial charge >= 0.3 is 0 Å². The molecule has 1 N–H and O–H groups in total. The molecule has 3 aromatic carbocycles. The predicted molar refractivity (Wildman–Crippen MR) is 164 cm³/mol. The molecule has 0 bridgehead atoms. The minimum Gasteiger partial charge on any atom is -0.352 e. The molecule has 218 valence electrons. The Hall–Kier alpha value is -3.07. The number of rotatable bonds is 11. The van der Waals surface area contributed by atoms with Gasteiger partial charge in [0.25, 0.3) is 10.0 Å².